The average Bonchev–Trinajstić information content (AvgIpc) is 3.08. The molecule has 1 saturated heterocycles. The number of hydrogen-bond donors (Lipinski definition) is 1. The van der Waals surface area contributed by atoms with Gasteiger partial charge < -0.3 is 14.7 Å². The van der Waals surface area contributed by atoms with Crippen LogP contribution < -0.4 is 9.64 Å². The summed E-state index contributed by atoms with van der Waals surface area (Å²) in [5.41, 5.74) is 0.750. The molecular weight excluding hydrogens is 348 g/mol. The summed E-state index contributed by atoms with van der Waals surface area (Å²) in [4.78, 5) is 18.9. The first-order valence-electron chi connectivity index (χ1n) is 8.66. The zero-order chi connectivity index (χ0) is 18.1. The fraction of sp³-hybridized carbons (Fsp3) is 0.300. The Morgan fingerprint density at radius 1 is 1.15 bits per heavy atom. The van der Waals surface area contributed by atoms with Crippen LogP contribution in [0.1, 0.15) is 18.4 Å². The van der Waals surface area contributed by atoms with Crippen molar-refractivity contribution in [3.05, 3.63) is 54.1 Å². The smallest absolute Gasteiger partial charge is 0.348 e. The third-order valence-corrected chi connectivity index (χ3v) is 6.01. The van der Waals surface area contributed by atoms with Crippen LogP contribution in [0.3, 0.4) is 0 Å². The first kappa shape index (κ1) is 16.8. The Bertz CT molecular complexity index is 912. The molecule has 6 heteroatoms. The van der Waals surface area contributed by atoms with E-state index in [1.54, 1.807) is 11.3 Å². The number of thiazole rings is 1. The average molecular weight is 368 g/mol. The molecular formula is C20H20N2O3S. The Morgan fingerprint density at radius 2 is 1.85 bits per heavy atom. The highest BCUT2D eigenvalue weighted by Gasteiger charge is 2.44. The van der Waals surface area contributed by atoms with Crippen LogP contribution in [0.25, 0.3) is 10.2 Å². The van der Waals surface area contributed by atoms with Crippen LogP contribution >= 0.6 is 11.3 Å². The molecule has 0 radical (unpaired) electrons. The van der Waals surface area contributed by atoms with Gasteiger partial charge in [-0.15, -0.1) is 0 Å². The van der Waals surface area contributed by atoms with Gasteiger partial charge in [-0.05, 0) is 30.7 Å². The predicted octanol–water partition coefficient (Wildman–Crippen LogP) is 4.11. The molecule has 5 nitrogen and oxygen atoms in total. The van der Waals surface area contributed by atoms with E-state index in [9.17, 15) is 9.90 Å². The molecule has 1 aliphatic heterocycles. The molecule has 4 rings (SSSR count). The molecule has 1 aliphatic rings. The molecule has 1 fully saturated rings. The number of fused-ring (bicyclic) bond motifs is 1. The number of para-hydroxylation sites is 2. The molecule has 0 unspecified atom stereocenters. The predicted molar refractivity (Wildman–Crippen MR) is 103 cm³/mol. The second-order valence-corrected chi connectivity index (χ2v) is 7.63. The summed E-state index contributed by atoms with van der Waals surface area (Å²) in [5, 5.41) is 10.8. The van der Waals surface area contributed by atoms with Gasteiger partial charge in [0.15, 0.2) is 5.13 Å². The number of carboxylic acids is 1. The molecule has 2 aromatic carbocycles. The molecule has 1 N–H and O–H groups in total. The van der Waals surface area contributed by atoms with E-state index in [1.807, 2.05) is 49.4 Å². The molecule has 0 aliphatic carbocycles. The van der Waals surface area contributed by atoms with E-state index < -0.39 is 11.6 Å². The van der Waals surface area contributed by atoms with Gasteiger partial charge in [0.1, 0.15) is 5.75 Å². The lowest BCUT2D eigenvalue weighted by atomic mass is 9.91. The molecule has 0 bridgehead atoms. The molecule has 26 heavy (non-hydrogen) atoms. The van der Waals surface area contributed by atoms with E-state index in [1.165, 1.54) is 0 Å². The monoisotopic (exact) mass is 368 g/mol. The summed E-state index contributed by atoms with van der Waals surface area (Å²) in [6, 6.07) is 15.6. The standard InChI is InChI=1S/C20H20N2O3S/c1-14-6-2-4-8-16(14)25-20(18(23)24)10-12-22(13-11-20)19-21-15-7-3-5-9-17(15)26-19/h2-9H,10-13H2,1H3,(H,23,24). The van der Waals surface area contributed by atoms with E-state index in [0.29, 0.717) is 31.7 Å². The van der Waals surface area contributed by atoms with Crippen molar-refractivity contribution in [3.63, 3.8) is 0 Å². The molecule has 3 aromatic rings. The van der Waals surface area contributed by atoms with E-state index >= 15 is 0 Å². The van der Waals surface area contributed by atoms with Gasteiger partial charge in [0.25, 0.3) is 0 Å². The summed E-state index contributed by atoms with van der Waals surface area (Å²) >= 11 is 1.65. The van der Waals surface area contributed by atoms with Crippen LogP contribution in [-0.2, 0) is 4.79 Å². The van der Waals surface area contributed by atoms with Gasteiger partial charge in [-0.1, -0.05) is 41.7 Å². The summed E-state index contributed by atoms with van der Waals surface area (Å²) in [6.07, 6.45) is 0.846. The quantitative estimate of drug-likeness (QED) is 0.751. The molecule has 0 atom stereocenters. The van der Waals surface area contributed by atoms with Gasteiger partial charge in [0.05, 0.1) is 10.2 Å². The molecule has 0 spiro atoms. The van der Waals surface area contributed by atoms with Crippen LogP contribution in [0.15, 0.2) is 48.5 Å². The number of ether oxygens (including phenoxy) is 1. The van der Waals surface area contributed by atoms with Gasteiger partial charge in [-0.3, -0.25) is 0 Å². The number of carbonyl (C=O) groups is 1. The highest BCUT2D eigenvalue weighted by atomic mass is 32.1. The van der Waals surface area contributed by atoms with E-state index in [2.05, 4.69) is 16.0 Å². The van der Waals surface area contributed by atoms with Crippen LogP contribution in [0.5, 0.6) is 5.75 Å². The normalized spacial score (nSPS) is 16.6. The van der Waals surface area contributed by atoms with E-state index in [-0.39, 0.29) is 0 Å². The van der Waals surface area contributed by atoms with Crippen molar-refractivity contribution in [2.75, 3.05) is 18.0 Å². The van der Waals surface area contributed by atoms with Crippen molar-refractivity contribution in [1.29, 1.82) is 0 Å². The highest BCUT2D eigenvalue weighted by molar-refractivity contribution is 7.22. The number of aliphatic carboxylic acids is 1. The van der Waals surface area contributed by atoms with Crippen molar-refractivity contribution < 1.29 is 14.6 Å². The van der Waals surface area contributed by atoms with Crippen LogP contribution in [-0.4, -0.2) is 34.8 Å². The maximum atomic E-state index is 12.0. The SMILES string of the molecule is Cc1ccccc1OC1(C(=O)O)CCN(c2nc3ccccc3s2)CC1. The van der Waals surface area contributed by atoms with Crippen LogP contribution in [0.4, 0.5) is 5.13 Å². The minimum absolute atomic E-state index is 0.423. The summed E-state index contributed by atoms with van der Waals surface area (Å²) in [7, 11) is 0. The second kappa shape index (κ2) is 6.61. The maximum absolute atomic E-state index is 12.0. The lowest BCUT2D eigenvalue weighted by Gasteiger charge is -2.39. The topological polar surface area (TPSA) is 62.7 Å². The van der Waals surface area contributed by atoms with Crippen molar-refractivity contribution in [2.45, 2.75) is 25.4 Å². The second-order valence-electron chi connectivity index (χ2n) is 6.62. The molecule has 0 saturated carbocycles. The van der Waals surface area contributed by atoms with Gasteiger partial charge >= 0.3 is 5.97 Å². The molecule has 2 heterocycles. The van der Waals surface area contributed by atoms with Crippen molar-refractivity contribution in [1.82, 2.24) is 4.98 Å². The zero-order valence-corrected chi connectivity index (χ0v) is 15.3. The zero-order valence-electron chi connectivity index (χ0n) is 14.5. The molecule has 134 valence electrons. The van der Waals surface area contributed by atoms with Gasteiger partial charge in [-0.25, -0.2) is 9.78 Å². The van der Waals surface area contributed by atoms with Crippen LogP contribution in [0.2, 0.25) is 0 Å². The number of benzene rings is 2. The number of aromatic nitrogens is 1. The molecule has 1 aromatic heterocycles. The largest absolute Gasteiger partial charge is 0.478 e. The minimum atomic E-state index is -1.18. The highest BCUT2D eigenvalue weighted by Crippen LogP contribution is 2.35. The number of piperidine rings is 1. The maximum Gasteiger partial charge on any atom is 0.348 e. The van der Waals surface area contributed by atoms with E-state index in [0.717, 1.165) is 20.9 Å². The third kappa shape index (κ3) is 3.01. The Labute approximate surface area is 155 Å². The first-order valence-corrected chi connectivity index (χ1v) is 9.48. The Hall–Kier alpha value is -2.60. The fourth-order valence-electron chi connectivity index (χ4n) is 3.30. The number of anilines is 1. The molecule has 0 amide bonds. The third-order valence-electron chi connectivity index (χ3n) is 4.91. The van der Waals surface area contributed by atoms with Crippen molar-refractivity contribution >= 4 is 32.7 Å². The number of aryl methyl sites for hydroxylation is 1. The summed E-state index contributed by atoms with van der Waals surface area (Å²) in [6.45, 7) is 3.15. The number of nitrogens with zero attached hydrogens (tertiary/aromatic N) is 2. The number of carboxylic acid groups (broad SMARTS) is 1. The summed E-state index contributed by atoms with van der Waals surface area (Å²) < 4.78 is 7.18. The van der Waals surface area contributed by atoms with Crippen LogP contribution in [0, 0.1) is 6.92 Å². The Kier molecular flexibility index (Phi) is 4.28. The summed E-state index contributed by atoms with van der Waals surface area (Å²) in [5.74, 6) is -0.256. The number of rotatable bonds is 4. The lowest BCUT2D eigenvalue weighted by molar-refractivity contribution is -0.157. The number of hydrogen-bond acceptors (Lipinski definition) is 5. The van der Waals surface area contributed by atoms with Gasteiger partial charge in [0, 0.05) is 25.9 Å². The van der Waals surface area contributed by atoms with Crippen molar-refractivity contribution in [2.24, 2.45) is 0 Å². The first-order chi connectivity index (χ1) is 12.6. The van der Waals surface area contributed by atoms with E-state index in [4.69, 9.17) is 4.74 Å². The minimum Gasteiger partial charge on any atom is -0.478 e. The fourth-order valence-corrected chi connectivity index (χ4v) is 4.31. The van der Waals surface area contributed by atoms with Gasteiger partial charge in [0.2, 0.25) is 5.60 Å². The lowest BCUT2D eigenvalue weighted by Crippen LogP contribution is -2.53. The van der Waals surface area contributed by atoms with Crippen molar-refractivity contribution in [3.8, 4) is 5.75 Å². The Balaban J connectivity index is 1.54. The van der Waals surface area contributed by atoms with Gasteiger partial charge in [-0.2, -0.15) is 0 Å². The Morgan fingerprint density at radius 3 is 2.54 bits per heavy atom.